The Kier molecular flexibility index (Phi) is 7.74. The number of aromatic nitrogens is 2. The first-order chi connectivity index (χ1) is 30.7. The number of fused-ring (bicyclic) bond motifs is 10. The maximum Gasteiger partial charge on any atom is 0.136 e. The number of hydrogen-bond donors (Lipinski definition) is 0. The van der Waals surface area contributed by atoms with Crippen LogP contribution in [-0.2, 0) is 0 Å². The van der Waals surface area contributed by atoms with Crippen LogP contribution in [0.25, 0.3) is 103 Å². The zero-order chi connectivity index (χ0) is 40.7. The van der Waals surface area contributed by atoms with E-state index >= 15 is 0 Å². The van der Waals surface area contributed by atoms with Crippen molar-refractivity contribution in [3.8, 4) is 27.9 Å². The summed E-state index contributed by atoms with van der Waals surface area (Å²) in [6.45, 7) is 0. The first-order valence-electron chi connectivity index (χ1n) is 20.9. The molecule has 4 nitrogen and oxygen atoms in total. The van der Waals surface area contributed by atoms with Crippen LogP contribution in [0.4, 0.5) is 17.1 Å². The van der Waals surface area contributed by atoms with Gasteiger partial charge in [0.2, 0.25) is 0 Å². The number of furan rings is 1. The van der Waals surface area contributed by atoms with Crippen molar-refractivity contribution in [2.24, 2.45) is 0 Å². The first kappa shape index (κ1) is 34.8. The molecule has 4 heterocycles. The predicted molar refractivity (Wildman–Crippen MR) is 262 cm³/mol. The Balaban J connectivity index is 1.09. The summed E-state index contributed by atoms with van der Waals surface area (Å²) < 4.78 is 11.4. The van der Waals surface area contributed by atoms with Gasteiger partial charge < -0.3 is 13.9 Å². The zero-order valence-electron chi connectivity index (χ0n) is 33.4. The number of rotatable bonds is 6. The van der Waals surface area contributed by atoms with E-state index in [-0.39, 0.29) is 0 Å². The minimum Gasteiger partial charge on any atom is -0.456 e. The number of para-hydroxylation sites is 3. The zero-order valence-corrected chi connectivity index (χ0v) is 34.2. The Bertz CT molecular complexity index is 3840. The lowest BCUT2D eigenvalue weighted by Crippen LogP contribution is -2.11. The standard InChI is InChI=1S/C57H35N3OS/c1-2-11-36(12-3-1)37-13-10-14-42(27-37)59(43-23-21-39-33-57-50(31-41(39)28-43)51-35-58-26-25-56(51)62-57)44-29-40(38-22-24-49-48-17-6-9-20-54(48)61-55(49)32-38)30-45(34-44)60-52-18-7-4-15-46(52)47-16-5-8-19-53(47)60/h1-35H. The van der Waals surface area contributed by atoms with E-state index in [1.165, 1.54) is 47.3 Å². The number of nitrogens with zero attached hydrogens (tertiary/aromatic N) is 3. The van der Waals surface area contributed by atoms with Gasteiger partial charge in [0.05, 0.1) is 11.0 Å². The van der Waals surface area contributed by atoms with E-state index in [1.54, 1.807) is 0 Å². The lowest BCUT2D eigenvalue weighted by Gasteiger charge is -2.28. The van der Waals surface area contributed by atoms with Crippen LogP contribution in [0.3, 0.4) is 0 Å². The number of pyridine rings is 1. The number of anilines is 3. The lowest BCUT2D eigenvalue weighted by atomic mass is 10.00. The molecule has 0 fully saturated rings. The predicted octanol–water partition coefficient (Wildman–Crippen LogP) is 16.4. The average Bonchev–Trinajstić information content (AvgIpc) is 4.00. The van der Waals surface area contributed by atoms with Gasteiger partial charge in [0.25, 0.3) is 0 Å². The van der Waals surface area contributed by atoms with Gasteiger partial charge >= 0.3 is 0 Å². The average molecular weight is 810 g/mol. The quantitative estimate of drug-likeness (QED) is 0.168. The molecule has 0 N–H and O–H groups in total. The molecule has 0 amide bonds. The van der Waals surface area contributed by atoms with Gasteiger partial charge in [0, 0.05) is 76.9 Å². The Morgan fingerprint density at radius 3 is 1.97 bits per heavy atom. The largest absolute Gasteiger partial charge is 0.456 e. The third-order valence-electron chi connectivity index (χ3n) is 12.4. The van der Waals surface area contributed by atoms with Crippen LogP contribution < -0.4 is 4.90 Å². The fraction of sp³-hybridized carbons (Fsp3) is 0. The summed E-state index contributed by atoms with van der Waals surface area (Å²) in [5, 5.41) is 9.50. The van der Waals surface area contributed by atoms with Gasteiger partial charge in [0.1, 0.15) is 11.2 Å². The van der Waals surface area contributed by atoms with Crippen LogP contribution in [0.5, 0.6) is 0 Å². The van der Waals surface area contributed by atoms with Gasteiger partial charge in [-0.15, -0.1) is 11.3 Å². The van der Waals surface area contributed by atoms with Crippen molar-refractivity contribution in [2.75, 3.05) is 4.90 Å². The van der Waals surface area contributed by atoms with Crippen LogP contribution in [0.2, 0.25) is 0 Å². The smallest absolute Gasteiger partial charge is 0.136 e. The second-order valence-electron chi connectivity index (χ2n) is 16.0. The Morgan fingerprint density at radius 2 is 1.11 bits per heavy atom. The molecule has 9 aromatic carbocycles. The summed E-state index contributed by atoms with van der Waals surface area (Å²) in [7, 11) is 0. The molecule has 0 aliphatic rings. The highest BCUT2D eigenvalue weighted by Crippen LogP contribution is 2.44. The molecule has 0 bridgehead atoms. The maximum atomic E-state index is 6.48. The van der Waals surface area contributed by atoms with Crippen molar-refractivity contribution >= 4 is 103 Å². The SMILES string of the molecule is c1ccc(-c2cccc(N(c3cc(-c4ccc5c(c4)oc4ccccc45)cc(-n4c5ccccc5c5ccccc54)c3)c3ccc4cc5sc6ccncc6c5cc4c3)c2)cc1. The van der Waals surface area contributed by atoms with E-state index in [1.807, 2.05) is 35.9 Å². The molecule has 62 heavy (non-hydrogen) atoms. The van der Waals surface area contributed by atoms with Gasteiger partial charge in [-0.1, -0.05) is 109 Å². The topological polar surface area (TPSA) is 34.2 Å². The molecular weight excluding hydrogens is 775 g/mol. The Morgan fingerprint density at radius 1 is 0.403 bits per heavy atom. The molecule has 13 aromatic rings. The first-order valence-corrected chi connectivity index (χ1v) is 21.7. The summed E-state index contributed by atoms with van der Waals surface area (Å²) in [4.78, 5) is 6.91. The molecule has 0 spiro atoms. The summed E-state index contributed by atoms with van der Waals surface area (Å²) in [6, 6.07) is 72.6. The van der Waals surface area contributed by atoms with Gasteiger partial charge in [-0.3, -0.25) is 4.98 Å². The van der Waals surface area contributed by atoms with E-state index in [0.717, 1.165) is 72.4 Å². The summed E-state index contributed by atoms with van der Waals surface area (Å²) >= 11 is 1.82. The lowest BCUT2D eigenvalue weighted by molar-refractivity contribution is 0.669. The molecule has 0 aliphatic heterocycles. The van der Waals surface area contributed by atoms with Crippen LogP contribution in [0, 0.1) is 0 Å². The molecule has 5 heteroatoms. The minimum atomic E-state index is 0.872. The van der Waals surface area contributed by atoms with E-state index in [9.17, 15) is 0 Å². The fourth-order valence-electron chi connectivity index (χ4n) is 9.52. The van der Waals surface area contributed by atoms with Crippen LogP contribution in [-0.4, -0.2) is 9.55 Å². The molecule has 4 aromatic heterocycles. The highest BCUT2D eigenvalue weighted by atomic mass is 32.1. The Hall–Kier alpha value is -7.99. The van der Waals surface area contributed by atoms with Crippen LogP contribution in [0.15, 0.2) is 217 Å². The third kappa shape index (κ3) is 5.56. The number of thiophene rings is 1. The van der Waals surface area contributed by atoms with E-state index in [4.69, 9.17) is 4.42 Å². The van der Waals surface area contributed by atoms with Gasteiger partial charge in [0.15, 0.2) is 0 Å². The Labute approximate surface area is 360 Å². The second kappa shape index (κ2) is 13.8. The van der Waals surface area contributed by atoms with Crippen molar-refractivity contribution in [2.45, 2.75) is 0 Å². The van der Waals surface area contributed by atoms with Crippen molar-refractivity contribution in [1.82, 2.24) is 9.55 Å². The van der Waals surface area contributed by atoms with Crippen molar-refractivity contribution < 1.29 is 4.42 Å². The fourth-order valence-corrected chi connectivity index (χ4v) is 10.6. The summed E-state index contributed by atoms with van der Waals surface area (Å²) in [5.41, 5.74) is 12.8. The van der Waals surface area contributed by atoms with Crippen LogP contribution >= 0.6 is 11.3 Å². The molecule has 13 rings (SSSR count). The molecule has 0 radical (unpaired) electrons. The second-order valence-corrected chi connectivity index (χ2v) is 17.1. The van der Waals surface area contributed by atoms with Crippen molar-refractivity contribution in [3.63, 3.8) is 0 Å². The monoisotopic (exact) mass is 809 g/mol. The highest BCUT2D eigenvalue weighted by Gasteiger charge is 2.20. The van der Waals surface area contributed by atoms with Crippen molar-refractivity contribution in [3.05, 3.63) is 213 Å². The van der Waals surface area contributed by atoms with Crippen molar-refractivity contribution in [1.29, 1.82) is 0 Å². The third-order valence-corrected chi connectivity index (χ3v) is 13.5. The molecule has 290 valence electrons. The van der Waals surface area contributed by atoms with E-state index < -0.39 is 0 Å². The molecule has 0 aliphatic carbocycles. The maximum absolute atomic E-state index is 6.48. The van der Waals surface area contributed by atoms with Crippen LogP contribution in [0.1, 0.15) is 0 Å². The van der Waals surface area contributed by atoms with E-state index in [2.05, 4.69) is 203 Å². The molecule has 0 saturated carbocycles. The van der Waals surface area contributed by atoms with E-state index in [0.29, 0.717) is 0 Å². The van der Waals surface area contributed by atoms with Gasteiger partial charge in [-0.05, 0) is 124 Å². The summed E-state index contributed by atoms with van der Waals surface area (Å²) in [6.07, 6.45) is 3.88. The normalized spacial score (nSPS) is 11.9. The molecule has 0 unspecified atom stereocenters. The highest BCUT2D eigenvalue weighted by molar-refractivity contribution is 7.25. The molecule has 0 saturated heterocycles. The summed E-state index contributed by atoms with van der Waals surface area (Å²) in [5.74, 6) is 0. The number of hydrogen-bond acceptors (Lipinski definition) is 4. The minimum absolute atomic E-state index is 0.872. The van der Waals surface area contributed by atoms with Gasteiger partial charge in [-0.25, -0.2) is 0 Å². The van der Waals surface area contributed by atoms with Gasteiger partial charge in [-0.2, -0.15) is 0 Å². The molecule has 0 atom stereocenters. The number of benzene rings is 9. The molecular formula is C57H35N3OS.